The molecule has 116 valence electrons. The minimum Gasteiger partial charge on any atom is -0.465 e. The molecule has 3 heteroatoms. The number of esters is 1. The van der Waals surface area contributed by atoms with Crippen molar-refractivity contribution >= 4 is 5.97 Å². The molecular weight excluding hydrogens is 262 g/mol. The van der Waals surface area contributed by atoms with Crippen LogP contribution in [0.5, 0.6) is 0 Å². The highest BCUT2D eigenvalue weighted by Crippen LogP contribution is 2.49. The van der Waals surface area contributed by atoms with Crippen LogP contribution in [-0.4, -0.2) is 18.6 Å². The van der Waals surface area contributed by atoms with Crippen LogP contribution < -0.4 is 5.73 Å². The molecular formula is C18H27NO2. The van der Waals surface area contributed by atoms with E-state index in [0.717, 1.165) is 24.3 Å². The summed E-state index contributed by atoms with van der Waals surface area (Å²) in [6.45, 7) is 4.79. The van der Waals surface area contributed by atoms with E-state index < -0.39 is 6.04 Å². The summed E-state index contributed by atoms with van der Waals surface area (Å²) in [6.07, 6.45) is 5.02. The van der Waals surface area contributed by atoms with Crippen molar-refractivity contribution in [3.05, 3.63) is 35.4 Å². The van der Waals surface area contributed by atoms with Crippen molar-refractivity contribution in [2.75, 3.05) is 6.61 Å². The normalized spacial score (nSPS) is 21.9. The second kappa shape index (κ2) is 7.60. The molecule has 1 aliphatic carbocycles. The Labute approximate surface area is 127 Å². The van der Waals surface area contributed by atoms with Gasteiger partial charge in [0.05, 0.1) is 6.61 Å². The summed E-state index contributed by atoms with van der Waals surface area (Å²) in [7, 11) is 0. The minimum atomic E-state index is -0.557. The van der Waals surface area contributed by atoms with Gasteiger partial charge in [0.15, 0.2) is 0 Å². The molecule has 0 saturated heterocycles. The lowest BCUT2D eigenvalue weighted by atomic mass is 10.0. The first kappa shape index (κ1) is 16.0. The summed E-state index contributed by atoms with van der Waals surface area (Å²) in [5.41, 5.74) is 8.48. The van der Waals surface area contributed by atoms with Crippen molar-refractivity contribution in [1.29, 1.82) is 0 Å². The van der Waals surface area contributed by atoms with Gasteiger partial charge >= 0.3 is 5.97 Å². The Morgan fingerprint density at radius 2 is 2.24 bits per heavy atom. The number of nitrogens with two attached hydrogens (primary N) is 1. The van der Waals surface area contributed by atoms with Crippen LogP contribution in [0.2, 0.25) is 0 Å². The summed E-state index contributed by atoms with van der Waals surface area (Å²) in [5.74, 6) is 1.27. The molecule has 1 saturated carbocycles. The summed E-state index contributed by atoms with van der Waals surface area (Å²) in [4.78, 5) is 11.8. The third-order valence-electron chi connectivity index (χ3n) is 4.33. The summed E-state index contributed by atoms with van der Waals surface area (Å²) in [6, 6.07) is 7.96. The Kier molecular flexibility index (Phi) is 5.80. The van der Waals surface area contributed by atoms with Crippen LogP contribution in [0.15, 0.2) is 24.3 Å². The van der Waals surface area contributed by atoms with Crippen LogP contribution in [0.25, 0.3) is 0 Å². The zero-order valence-electron chi connectivity index (χ0n) is 13.2. The lowest BCUT2D eigenvalue weighted by molar-refractivity contribution is -0.145. The lowest BCUT2D eigenvalue weighted by Crippen LogP contribution is -2.34. The van der Waals surface area contributed by atoms with Gasteiger partial charge in [0.25, 0.3) is 0 Å². The maximum absolute atomic E-state index is 11.8. The second-order valence-electron chi connectivity index (χ2n) is 6.09. The van der Waals surface area contributed by atoms with Crippen molar-refractivity contribution < 1.29 is 9.53 Å². The summed E-state index contributed by atoms with van der Waals surface area (Å²) in [5, 5.41) is 0. The average Bonchev–Trinajstić information content (AvgIpc) is 3.27. The minimum absolute atomic E-state index is 0.285. The predicted octanol–water partition coefficient (Wildman–Crippen LogP) is 3.41. The Balaban J connectivity index is 1.87. The smallest absolute Gasteiger partial charge is 0.323 e. The van der Waals surface area contributed by atoms with Crippen molar-refractivity contribution in [2.45, 2.75) is 57.9 Å². The number of carbonyl (C=O) groups is 1. The number of ether oxygens (including phenoxy) is 1. The van der Waals surface area contributed by atoms with E-state index in [1.165, 1.54) is 18.4 Å². The number of rotatable bonds is 8. The van der Waals surface area contributed by atoms with E-state index in [-0.39, 0.29) is 5.97 Å². The molecule has 2 N–H and O–H groups in total. The molecule has 1 aliphatic rings. The van der Waals surface area contributed by atoms with E-state index >= 15 is 0 Å². The third kappa shape index (κ3) is 4.57. The molecule has 3 nitrogen and oxygen atoms in total. The Morgan fingerprint density at radius 1 is 1.43 bits per heavy atom. The molecule has 1 unspecified atom stereocenters. The molecule has 0 amide bonds. The van der Waals surface area contributed by atoms with Crippen molar-refractivity contribution in [3.63, 3.8) is 0 Å². The number of unbranched alkanes of at least 4 members (excludes halogenated alkanes) is 1. The van der Waals surface area contributed by atoms with E-state index in [0.29, 0.717) is 18.9 Å². The first-order valence-corrected chi connectivity index (χ1v) is 8.16. The largest absolute Gasteiger partial charge is 0.465 e. The molecule has 0 spiro atoms. The number of hydrogen-bond donors (Lipinski definition) is 1. The third-order valence-corrected chi connectivity index (χ3v) is 4.33. The van der Waals surface area contributed by atoms with Gasteiger partial charge in [0.1, 0.15) is 6.04 Å². The van der Waals surface area contributed by atoms with Crippen molar-refractivity contribution in [2.24, 2.45) is 11.7 Å². The van der Waals surface area contributed by atoms with Crippen LogP contribution in [0, 0.1) is 5.92 Å². The fourth-order valence-corrected chi connectivity index (χ4v) is 2.82. The first-order valence-electron chi connectivity index (χ1n) is 8.16. The van der Waals surface area contributed by atoms with E-state index in [9.17, 15) is 4.79 Å². The fraction of sp³-hybridized carbons (Fsp3) is 0.611. The molecule has 0 aromatic heterocycles. The molecule has 0 heterocycles. The SMILES string of the molecule is CCCCOC(=O)[C@@H](N)Cc1cccc([C@@H]2CC2CC)c1. The summed E-state index contributed by atoms with van der Waals surface area (Å²) < 4.78 is 5.18. The molecule has 0 bridgehead atoms. The van der Waals surface area contributed by atoms with E-state index in [2.05, 4.69) is 32.0 Å². The monoisotopic (exact) mass is 289 g/mol. The van der Waals surface area contributed by atoms with Crippen LogP contribution in [0.3, 0.4) is 0 Å². The molecule has 0 aliphatic heterocycles. The number of carbonyl (C=O) groups excluding carboxylic acids is 1. The molecule has 2 rings (SSSR count). The van der Waals surface area contributed by atoms with E-state index in [4.69, 9.17) is 10.5 Å². The van der Waals surface area contributed by atoms with Crippen molar-refractivity contribution in [1.82, 2.24) is 0 Å². The zero-order valence-corrected chi connectivity index (χ0v) is 13.2. The molecule has 1 aromatic rings. The van der Waals surface area contributed by atoms with Gasteiger partial charge in [-0.1, -0.05) is 51.0 Å². The lowest BCUT2D eigenvalue weighted by Gasteiger charge is -2.12. The second-order valence-corrected chi connectivity index (χ2v) is 6.09. The average molecular weight is 289 g/mol. The molecule has 1 fully saturated rings. The highest BCUT2D eigenvalue weighted by atomic mass is 16.5. The maximum atomic E-state index is 11.8. The Bertz CT molecular complexity index is 472. The van der Waals surface area contributed by atoms with Gasteiger partial charge in [-0.05, 0) is 42.2 Å². The quantitative estimate of drug-likeness (QED) is 0.589. The van der Waals surface area contributed by atoms with Crippen LogP contribution >= 0.6 is 0 Å². The topological polar surface area (TPSA) is 52.3 Å². The van der Waals surface area contributed by atoms with E-state index in [1.807, 2.05) is 6.07 Å². The number of benzene rings is 1. The van der Waals surface area contributed by atoms with Gasteiger partial charge in [-0.3, -0.25) is 4.79 Å². The Morgan fingerprint density at radius 3 is 2.90 bits per heavy atom. The van der Waals surface area contributed by atoms with E-state index in [1.54, 1.807) is 0 Å². The van der Waals surface area contributed by atoms with Gasteiger partial charge in [-0.15, -0.1) is 0 Å². The predicted molar refractivity (Wildman–Crippen MR) is 85.1 cm³/mol. The van der Waals surface area contributed by atoms with Gasteiger partial charge in [-0.2, -0.15) is 0 Å². The molecule has 3 atom stereocenters. The van der Waals surface area contributed by atoms with Crippen LogP contribution in [0.4, 0.5) is 0 Å². The molecule has 1 aromatic carbocycles. The first-order chi connectivity index (χ1) is 10.2. The summed E-state index contributed by atoms with van der Waals surface area (Å²) >= 11 is 0. The molecule has 21 heavy (non-hydrogen) atoms. The maximum Gasteiger partial charge on any atom is 0.323 e. The van der Waals surface area contributed by atoms with Gasteiger partial charge in [0.2, 0.25) is 0 Å². The molecule has 0 radical (unpaired) electrons. The fourth-order valence-electron chi connectivity index (χ4n) is 2.82. The zero-order chi connectivity index (χ0) is 15.2. The highest BCUT2D eigenvalue weighted by molar-refractivity contribution is 5.75. The van der Waals surface area contributed by atoms with Crippen LogP contribution in [0.1, 0.15) is 56.6 Å². The van der Waals surface area contributed by atoms with Crippen LogP contribution in [-0.2, 0) is 16.0 Å². The van der Waals surface area contributed by atoms with Crippen molar-refractivity contribution in [3.8, 4) is 0 Å². The standard InChI is InChI=1S/C18H27NO2/c1-3-5-9-21-18(20)17(19)11-13-7-6-8-15(10-13)16-12-14(16)4-2/h6-8,10,14,16-17H,3-5,9,11-12,19H2,1-2H3/t14?,16-,17+/m1/s1. The Hall–Kier alpha value is -1.35. The van der Waals surface area contributed by atoms with Gasteiger partial charge in [0, 0.05) is 0 Å². The van der Waals surface area contributed by atoms with Gasteiger partial charge < -0.3 is 10.5 Å². The van der Waals surface area contributed by atoms with Gasteiger partial charge in [-0.25, -0.2) is 0 Å². The number of hydrogen-bond acceptors (Lipinski definition) is 3. The highest BCUT2D eigenvalue weighted by Gasteiger charge is 2.36.